The van der Waals surface area contributed by atoms with Crippen LogP contribution < -0.4 is 10.3 Å². The maximum atomic E-state index is 14.0. The van der Waals surface area contributed by atoms with Crippen molar-refractivity contribution < 1.29 is 9.13 Å². The Morgan fingerprint density at radius 3 is 2.52 bits per heavy atom. The standard InChI is InChI=1S/C25H18FN3O2/c1-15-3-4-17(13-27-15)16-5-9-22-20(11-16)25-18(14-28-22)6-10-24(30)29(25)19-7-8-21(26)23(12-19)31-2/h3-14H,1-2H3. The average Bonchev–Trinajstić information content (AvgIpc) is 2.79. The number of pyridine rings is 3. The molecule has 31 heavy (non-hydrogen) atoms. The molecule has 3 aromatic heterocycles. The fraction of sp³-hybridized carbons (Fsp3) is 0.0800. The van der Waals surface area contributed by atoms with E-state index in [-0.39, 0.29) is 11.3 Å². The Bertz CT molecular complexity index is 1510. The summed E-state index contributed by atoms with van der Waals surface area (Å²) in [6.07, 6.45) is 3.56. The predicted octanol–water partition coefficient (Wildman–Crippen LogP) is 5.06. The van der Waals surface area contributed by atoms with Crippen molar-refractivity contribution in [3.63, 3.8) is 0 Å². The number of halogens is 1. The van der Waals surface area contributed by atoms with Crippen LogP contribution in [0.4, 0.5) is 4.39 Å². The summed E-state index contributed by atoms with van der Waals surface area (Å²) in [5.74, 6) is -0.411. The van der Waals surface area contributed by atoms with Gasteiger partial charge in [-0.05, 0) is 48.9 Å². The molecule has 152 valence electrons. The molecular formula is C25H18FN3O2. The number of rotatable bonds is 3. The molecule has 0 bridgehead atoms. The molecule has 5 rings (SSSR count). The summed E-state index contributed by atoms with van der Waals surface area (Å²) >= 11 is 0. The van der Waals surface area contributed by atoms with Crippen molar-refractivity contribution >= 4 is 21.8 Å². The minimum Gasteiger partial charge on any atom is -0.494 e. The summed E-state index contributed by atoms with van der Waals surface area (Å²) in [5, 5.41) is 1.62. The van der Waals surface area contributed by atoms with Crippen LogP contribution in [0.15, 0.2) is 77.9 Å². The van der Waals surface area contributed by atoms with Crippen LogP contribution in [0.1, 0.15) is 5.69 Å². The van der Waals surface area contributed by atoms with Gasteiger partial charge in [-0.3, -0.25) is 19.3 Å². The van der Waals surface area contributed by atoms with E-state index in [0.29, 0.717) is 11.2 Å². The summed E-state index contributed by atoms with van der Waals surface area (Å²) in [6, 6.07) is 17.5. The van der Waals surface area contributed by atoms with Gasteiger partial charge in [-0.25, -0.2) is 4.39 Å². The minimum atomic E-state index is -0.486. The predicted molar refractivity (Wildman–Crippen MR) is 119 cm³/mol. The van der Waals surface area contributed by atoms with Gasteiger partial charge < -0.3 is 4.74 Å². The highest BCUT2D eigenvalue weighted by atomic mass is 19.1. The zero-order valence-corrected chi connectivity index (χ0v) is 17.0. The number of fused-ring (bicyclic) bond motifs is 3. The molecule has 0 radical (unpaired) electrons. The average molecular weight is 411 g/mol. The van der Waals surface area contributed by atoms with Gasteiger partial charge in [0.1, 0.15) is 0 Å². The highest BCUT2D eigenvalue weighted by Gasteiger charge is 2.13. The summed E-state index contributed by atoms with van der Waals surface area (Å²) in [6.45, 7) is 1.94. The van der Waals surface area contributed by atoms with Crippen molar-refractivity contribution in [2.24, 2.45) is 0 Å². The highest BCUT2D eigenvalue weighted by Crippen LogP contribution is 2.30. The molecule has 0 atom stereocenters. The largest absolute Gasteiger partial charge is 0.494 e. The highest BCUT2D eigenvalue weighted by molar-refractivity contribution is 6.05. The number of aromatic nitrogens is 3. The SMILES string of the molecule is COc1cc(-n2c(=O)ccc3cnc4ccc(-c5ccc(C)nc5)cc4c32)ccc1F. The van der Waals surface area contributed by atoms with Crippen molar-refractivity contribution in [2.75, 3.05) is 7.11 Å². The van der Waals surface area contributed by atoms with Gasteiger partial charge in [-0.15, -0.1) is 0 Å². The maximum absolute atomic E-state index is 14.0. The number of aryl methyl sites for hydroxylation is 1. The first kappa shape index (κ1) is 18.9. The monoisotopic (exact) mass is 411 g/mol. The normalized spacial score (nSPS) is 11.2. The molecule has 2 aromatic carbocycles. The van der Waals surface area contributed by atoms with Crippen molar-refractivity contribution in [1.82, 2.24) is 14.5 Å². The van der Waals surface area contributed by atoms with Crippen molar-refractivity contribution in [3.05, 3.63) is 94.9 Å². The van der Waals surface area contributed by atoms with Crippen LogP contribution in [0.25, 0.3) is 38.6 Å². The molecule has 6 heteroatoms. The first-order chi connectivity index (χ1) is 15.0. The summed E-state index contributed by atoms with van der Waals surface area (Å²) in [4.78, 5) is 21.9. The minimum absolute atomic E-state index is 0.0752. The van der Waals surface area contributed by atoms with Gasteiger partial charge in [0, 0.05) is 46.6 Å². The van der Waals surface area contributed by atoms with Gasteiger partial charge in [0.15, 0.2) is 11.6 Å². The third-order valence-electron chi connectivity index (χ3n) is 5.35. The van der Waals surface area contributed by atoms with Gasteiger partial charge in [0.2, 0.25) is 0 Å². The van der Waals surface area contributed by atoms with E-state index in [1.807, 2.05) is 43.5 Å². The quantitative estimate of drug-likeness (QED) is 0.390. The number of benzene rings is 2. The third-order valence-corrected chi connectivity index (χ3v) is 5.35. The van der Waals surface area contributed by atoms with Gasteiger partial charge in [0.05, 0.1) is 23.8 Å². The van der Waals surface area contributed by atoms with E-state index >= 15 is 0 Å². The van der Waals surface area contributed by atoms with Crippen LogP contribution in [0.2, 0.25) is 0 Å². The molecule has 0 aliphatic rings. The van der Waals surface area contributed by atoms with E-state index in [2.05, 4.69) is 9.97 Å². The maximum Gasteiger partial charge on any atom is 0.255 e. The fourth-order valence-corrected chi connectivity index (χ4v) is 3.77. The zero-order valence-electron chi connectivity index (χ0n) is 17.0. The van der Waals surface area contributed by atoms with Crippen molar-refractivity contribution in [3.8, 4) is 22.6 Å². The lowest BCUT2D eigenvalue weighted by Gasteiger charge is -2.14. The second kappa shape index (κ2) is 7.32. The van der Waals surface area contributed by atoms with Gasteiger partial charge in [-0.2, -0.15) is 0 Å². The smallest absolute Gasteiger partial charge is 0.255 e. The molecule has 5 aromatic rings. The Labute approximate surface area is 177 Å². The Balaban J connectivity index is 1.85. The molecule has 0 unspecified atom stereocenters. The Morgan fingerprint density at radius 1 is 0.903 bits per heavy atom. The second-order valence-corrected chi connectivity index (χ2v) is 7.31. The lowest BCUT2D eigenvalue weighted by molar-refractivity contribution is 0.386. The third kappa shape index (κ3) is 3.22. The molecule has 0 saturated heterocycles. The van der Waals surface area contributed by atoms with Gasteiger partial charge >= 0.3 is 0 Å². The Kier molecular flexibility index (Phi) is 4.47. The molecule has 0 N–H and O–H groups in total. The number of ether oxygens (including phenoxy) is 1. The van der Waals surface area contributed by atoms with Gasteiger partial charge in [0.25, 0.3) is 5.56 Å². The molecule has 0 fully saturated rings. The van der Waals surface area contributed by atoms with E-state index in [4.69, 9.17) is 4.74 Å². The van der Waals surface area contributed by atoms with Crippen LogP contribution in [0.3, 0.4) is 0 Å². The Hall–Kier alpha value is -4.06. The van der Waals surface area contributed by atoms with Gasteiger partial charge in [-0.1, -0.05) is 12.1 Å². The molecular weight excluding hydrogens is 393 g/mol. The molecule has 5 nitrogen and oxygen atoms in total. The van der Waals surface area contributed by atoms with Crippen molar-refractivity contribution in [1.29, 1.82) is 0 Å². The number of methoxy groups -OCH3 is 1. The van der Waals surface area contributed by atoms with Crippen LogP contribution in [0.5, 0.6) is 5.75 Å². The Morgan fingerprint density at radius 2 is 1.74 bits per heavy atom. The van der Waals surface area contributed by atoms with Crippen LogP contribution >= 0.6 is 0 Å². The number of nitrogens with zero attached hydrogens (tertiary/aromatic N) is 3. The number of hydrogen-bond donors (Lipinski definition) is 0. The summed E-state index contributed by atoms with van der Waals surface area (Å²) in [5.41, 5.74) is 4.63. The fourth-order valence-electron chi connectivity index (χ4n) is 3.77. The van der Waals surface area contributed by atoms with Crippen LogP contribution in [-0.4, -0.2) is 21.6 Å². The van der Waals surface area contributed by atoms with Crippen LogP contribution in [-0.2, 0) is 0 Å². The number of hydrogen-bond acceptors (Lipinski definition) is 4. The van der Waals surface area contributed by atoms with E-state index in [1.54, 1.807) is 22.9 Å². The van der Waals surface area contributed by atoms with E-state index in [1.165, 1.54) is 25.3 Å². The summed E-state index contributed by atoms with van der Waals surface area (Å²) < 4.78 is 20.7. The molecule has 0 aliphatic carbocycles. The lowest BCUT2D eigenvalue weighted by atomic mass is 10.0. The van der Waals surface area contributed by atoms with E-state index < -0.39 is 5.82 Å². The molecule has 0 saturated carbocycles. The van der Waals surface area contributed by atoms with Crippen LogP contribution in [0, 0.1) is 12.7 Å². The van der Waals surface area contributed by atoms with E-state index in [9.17, 15) is 9.18 Å². The molecule has 0 spiro atoms. The molecule has 0 aliphatic heterocycles. The topological polar surface area (TPSA) is 57.0 Å². The molecule has 0 amide bonds. The van der Waals surface area contributed by atoms with Crippen molar-refractivity contribution in [2.45, 2.75) is 6.92 Å². The van der Waals surface area contributed by atoms with E-state index in [0.717, 1.165) is 33.1 Å². The second-order valence-electron chi connectivity index (χ2n) is 7.31. The lowest BCUT2D eigenvalue weighted by Crippen LogP contribution is -2.18. The first-order valence-corrected chi connectivity index (χ1v) is 9.76. The zero-order chi connectivity index (χ0) is 21.5. The summed E-state index contributed by atoms with van der Waals surface area (Å²) in [7, 11) is 1.40. The first-order valence-electron chi connectivity index (χ1n) is 9.76. The molecule has 3 heterocycles.